The molecule has 0 saturated carbocycles. The normalized spacial score (nSPS) is 12.6. The molecule has 1 atom stereocenters. The van der Waals surface area contributed by atoms with Crippen LogP contribution in [0.15, 0.2) is 24.3 Å². The number of ether oxygens (including phenoxy) is 1. The summed E-state index contributed by atoms with van der Waals surface area (Å²) in [7, 11) is 0. The van der Waals surface area contributed by atoms with Crippen molar-refractivity contribution in [3.05, 3.63) is 29.8 Å². The minimum atomic E-state index is -0.182. The molecule has 21 heavy (non-hydrogen) atoms. The number of hydrogen-bond acceptors (Lipinski definition) is 3. The Hall–Kier alpha value is -1.55. The maximum Gasteiger partial charge on any atom is 0.261 e. The van der Waals surface area contributed by atoms with E-state index in [1.165, 1.54) is 0 Å². The Morgan fingerprint density at radius 1 is 1.29 bits per heavy atom. The summed E-state index contributed by atoms with van der Waals surface area (Å²) in [6, 6.07) is 7.47. The van der Waals surface area contributed by atoms with Crippen molar-refractivity contribution in [2.75, 3.05) is 13.2 Å². The van der Waals surface area contributed by atoms with E-state index in [9.17, 15) is 9.90 Å². The summed E-state index contributed by atoms with van der Waals surface area (Å²) >= 11 is 0. The third-order valence-corrected chi connectivity index (χ3v) is 3.51. The number of aryl methyl sites for hydroxylation is 1. The second-order valence-corrected chi connectivity index (χ2v) is 5.99. The van der Waals surface area contributed by atoms with E-state index in [0.717, 1.165) is 5.56 Å². The SMILES string of the molecule is Cc1cccc(OCC(=O)N(C(C)C)[C@@H](CO)C(C)C)c1. The third-order valence-electron chi connectivity index (χ3n) is 3.51. The van der Waals surface area contributed by atoms with Crippen LogP contribution in [0.2, 0.25) is 0 Å². The van der Waals surface area contributed by atoms with Crippen LogP contribution < -0.4 is 4.74 Å². The monoisotopic (exact) mass is 293 g/mol. The van der Waals surface area contributed by atoms with Gasteiger partial charge in [0.1, 0.15) is 5.75 Å². The van der Waals surface area contributed by atoms with Crippen LogP contribution in [-0.2, 0) is 4.79 Å². The lowest BCUT2D eigenvalue weighted by Crippen LogP contribution is -2.50. The van der Waals surface area contributed by atoms with E-state index in [1.54, 1.807) is 4.90 Å². The molecule has 0 heterocycles. The number of carbonyl (C=O) groups is 1. The average molecular weight is 293 g/mol. The molecule has 0 aromatic heterocycles. The predicted molar refractivity (Wildman–Crippen MR) is 84.4 cm³/mol. The van der Waals surface area contributed by atoms with Crippen LogP contribution in [0.1, 0.15) is 33.3 Å². The van der Waals surface area contributed by atoms with Crippen molar-refractivity contribution >= 4 is 5.91 Å². The number of rotatable bonds is 7. The molecular formula is C17H27NO3. The molecule has 1 N–H and O–H groups in total. The molecule has 0 unspecified atom stereocenters. The zero-order chi connectivity index (χ0) is 16.0. The van der Waals surface area contributed by atoms with E-state index >= 15 is 0 Å². The van der Waals surface area contributed by atoms with Crippen LogP contribution in [0.3, 0.4) is 0 Å². The first-order valence-electron chi connectivity index (χ1n) is 7.48. The number of aliphatic hydroxyl groups is 1. The van der Waals surface area contributed by atoms with Gasteiger partial charge in [-0.2, -0.15) is 0 Å². The van der Waals surface area contributed by atoms with Gasteiger partial charge in [-0.25, -0.2) is 0 Å². The molecule has 4 heteroatoms. The molecule has 4 nitrogen and oxygen atoms in total. The average Bonchev–Trinajstić information content (AvgIpc) is 2.41. The van der Waals surface area contributed by atoms with Gasteiger partial charge in [0.25, 0.3) is 5.91 Å². The molecule has 0 bridgehead atoms. The topological polar surface area (TPSA) is 49.8 Å². The van der Waals surface area contributed by atoms with Crippen molar-refractivity contribution < 1.29 is 14.6 Å². The van der Waals surface area contributed by atoms with E-state index in [2.05, 4.69) is 0 Å². The molecule has 0 aliphatic carbocycles. The maximum absolute atomic E-state index is 12.4. The molecule has 118 valence electrons. The molecule has 0 spiro atoms. The highest BCUT2D eigenvalue weighted by Crippen LogP contribution is 2.16. The molecule has 0 aliphatic heterocycles. The van der Waals surface area contributed by atoms with Gasteiger partial charge in [-0.15, -0.1) is 0 Å². The van der Waals surface area contributed by atoms with Gasteiger partial charge in [-0.1, -0.05) is 26.0 Å². The highest BCUT2D eigenvalue weighted by atomic mass is 16.5. The largest absolute Gasteiger partial charge is 0.484 e. The molecule has 0 saturated heterocycles. The molecule has 1 amide bonds. The predicted octanol–water partition coefficient (Wildman–Crippen LogP) is 2.63. The Kier molecular flexibility index (Phi) is 6.69. The third kappa shape index (κ3) is 5.05. The molecule has 0 radical (unpaired) electrons. The van der Waals surface area contributed by atoms with E-state index < -0.39 is 0 Å². The van der Waals surface area contributed by atoms with Crippen LogP contribution in [0, 0.1) is 12.8 Å². The lowest BCUT2D eigenvalue weighted by Gasteiger charge is -2.36. The van der Waals surface area contributed by atoms with Crippen LogP contribution in [0.4, 0.5) is 0 Å². The summed E-state index contributed by atoms with van der Waals surface area (Å²) in [6.07, 6.45) is 0. The Morgan fingerprint density at radius 2 is 1.95 bits per heavy atom. The zero-order valence-corrected chi connectivity index (χ0v) is 13.7. The first kappa shape index (κ1) is 17.5. The Morgan fingerprint density at radius 3 is 2.43 bits per heavy atom. The number of nitrogens with zero attached hydrogens (tertiary/aromatic N) is 1. The van der Waals surface area contributed by atoms with Gasteiger partial charge in [0.15, 0.2) is 6.61 Å². The van der Waals surface area contributed by atoms with Crippen LogP contribution in [-0.4, -0.2) is 41.2 Å². The van der Waals surface area contributed by atoms with Crippen molar-refractivity contribution in [3.63, 3.8) is 0 Å². The van der Waals surface area contributed by atoms with Crippen LogP contribution >= 0.6 is 0 Å². The van der Waals surface area contributed by atoms with Gasteiger partial charge in [0.05, 0.1) is 12.6 Å². The Labute approximate surface area is 127 Å². The molecule has 0 fully saturated rings. The molecular weight excluding hydrogens is 266 g/mol. The fourth-order valence-corrected chi connectivity index (χ4v) is 2.40. The standard InChI is InChI=1S/C17H27NO3/c1-12(2)16(10-19)18(13(3)4)17(20)11-21-15-8-6-7-14(5)9-15/h6-9,12-13,16,19H,10-11H2,1-5H3/t16-/m0/s1. The van der Waals surface area contributed by atoms with E-state index in [1.807, 2.05) is 58.9 Å². The van der Waals surface area contributed by atoms with E-state index in [4.69, 9.17) is 4.74 Å². The molecule has 0 aliphatic rings. The highest BCUT2D eigenvalue weighted by Gasteiger charge is 2.28. The molecule has 1 aromatic rings. The summed E-state index contributed by atoms with van der Waals surface area (Å²) in [5, 5.41) is 9.55. The number of aliphatic hydroxyl groups excluding tert-OH is 1. The molecule has 1 aromatic carbocycles. The lowest BCUT2D eigenvalue weighted by molar-refractivity contribution is -0.140. The number of amides is 1. The quantitative estimate of drug-likeness (QED) is 0.841. The van der Waals surface area contributed by atoms with Crippen molar-refractivity contribution in [3.8, 4) is 5.75 Å². The molecule has 1 rings (SSSR count). The van der Waals surface area contributed by atoms with Crippen LogP contribution in [0.25, 0.3) is 0 Å². The van der Waals surface area contributed by atoms with E-state index in [0.29, 0.717) is 5.75 Å². The Balaban J connectivity index is 2.73. The summed E-state index contributed by atoms with van der Waals surface area (Å²) in [5.74, 6) is 0.789. The van der Waals surface area contributed by atoms with Gasteiger partial charge in [0, 0.05) is 6.04 Å². The van der Waals surface area contributed by atoms with Crippen LogP contribution in [0.5, 0.6) is 5.75 Å². The van der Waals surface area contributed by atoms with Gasteiger partial charge in [0.2, 0.25) is 0 Å². The van der Waals surface area contributed by atoms with Gasteiger partial charge < -0.3 is 14.7 Å². The smallest absolute Gasteiger partial charge is 0.261 e. The number of benzene rings is 1. The summed E-state index contributed by atoms with van der Waals surface area (Å²) in [5.41, 5.74) is 1.09. The summed E-state index contributed by atoms with van der Waals surface area (Å²) in [6.45, 7) is 9.85. The van der Waals surface area contributed by atoms with E-state index in [-0.39, 0.29) is 37.1 Å². The summed E-state index contributed by atoms with van der Waals surface area (Å²) < 4.78 is 5.58. The number of carbonyl (C=O) groups excluding carboxylic acids is 1. The second kappa shape index (κ2) is 8.03. The van der Waals surface area contributed by atoms with Crippen molar-refractivity contribution in [1.29, 1.82) is 0 Å². The lowest BCUT2D eigenvalue weighted by atomic mass is 10.0. The van der Waals surface area contributed by atoms with Gasteiger partial charge >= 0.3 is 0 Å². The first-order chi connectivity index (χ1) is 9.86. The Bertz CT molecular complexity index is 457. The first-order valence-corrected chi connectivity index (χ1v) is 7.48. The minimum absolute atomic E-state index is 0.00907. The van der Waals surface area contributed by atoms with Crippen molar-refractivity contribution in [2.24, 2.45) is 5.92 Å². The van der Waals surface area contributed by atoms with Gasteiger partial charge in [-0.05, 0) is 44.4 Å². The summed E-state index contributed by atoms with van der Waals surface area (Å²) in [4.78, 5) is 14.2. The fraction of sp³-hybridized carbons (Fsp3) is 0.588. The maximum atomic E-state index is 12.4. The highest BCUT2D eigenvalue weighted by molar-refractivity contribution is 5.78. The zero-order valence-electron chi connectivity index (χ0n) is 13.7. The van der Waals surface area contributed by atoms with Crippen molar-refractivity contribution in [2.45, 2.75) is 46.7 Å². The van der Waals surface area contributed by atoms with Gasteiger partial charge in [-0.3, -0.25) is 4.79 Å². The number of hydrogen-bond donors (Lipinski definition) is 1. The second-order valence-electron chi connectivity index (χ2n) is 5.99. The fourth-order valence-electron chi connectivity index (χ4n) is 2.40. The van der Waals surface area contributed by atoms with Crippen molar-refractivity contribution in [1.82, 2.24) is 4.90 Å². The minimum Gasteiger partial charge on any atom is -0.484 e.